The molecule has 1 aromatic heterocycles. The standard InChI is InChI=1S/C7H10ClN3O3/c1-7(2,12)4-10-3-5(8)6(9-10)11(13)14/h3,12H,4H2,1-2H3. The molecule has 0 unspecified atom stereocenters. The Labute approximate surface area is 85.2 Å². The SMILES string of the molecule is CC(C)(O)Cn1cc(Cl)c([N+](=O)[O-])n1. The van der Waals surface area contributed by atoms with Crippen molar-refractivity contribution in [1.82, 2.24) is 9.78 Å². The van der Waals surface area contributed by atoms with Gasteiger partial charge in [-0.05, 0) is 18.8 Å². The Balaban J connectivity index is 2.92. The summed E-state index contributed by atoms with van der Waals surface area (Å²) in [6, 6.07) is 0. The van der Waals surface area contributed by atoms with Crippen LogP contribution in [0, 0.1) is 10.1 Å². The van der Waals surface area contributed by atoms with Gasteiger partial charge in [0, 0.05) is 0 Å². The molecule has 0 fully saturated rings. The molecule has 1 heterocycles. The lowest BCUT2D eigenvalue weighted by atomic mass is 10.1. The van der Waals surface area contributed by atoms with Gasteiger partial charge in [0.1, 0.15) is 0 Å². The fourth-order valence-corrected chi connectivity index (χ4v) is 1.21. The van der Waals surface area contributed by atoms with Gasteiger partial charge in [-0.25, -0.2) is 0 Å². The van der Waals surface area contributed by atoms with Crippen LogP contribution >= 0.6 is 11.6 Å². The molecule has 0 radical (unpaired) electrons. The number of halogens is 1. The second-order valence-corrected chi connectivity index (χ2v) is 3.97. The van der Waals surface area contributed by atoms with E-state index in [-0.39, 0.29) is 11.6 Å². The molecule has 0 amide bonds. The average Bonchev–Trinajstić information content (AvgIpc) is 2.26. The molecule has 0 bridgehead atoms. The van der Waals surface area contributed by atoms with Gasteiger partial charge in [0.25, 0.3) is 0 Å². The number of aliphatic hydroxyl groups is 1. The number of hydrogen-bond acceptors (Lipinski definition) is 4. The van der Waals surface area contributed by atoms with E-state index in [1.54, 1.807) is 13.8 Å². The quantitative estimate of drug-likeness (QED) is 0.612. The van der Waals surface area contributed by atoms with Crippen molar-refractivity contribution in [1.29, 1.82) is 0 Å². The number of nitro groups is 1. The first-order chi connectivity index (χ1) is 6.29. The van der Waals surface area contributed by atoms with Gasteiger partial charge in [0.05, 0.1) is 23.4 Å². The first kappa shape index (κ1) is 10.9. The topological polar surface area (TPSA) is 81.2 Å². The zero-order valence-electron chi connectivity index (χ0n) is 7.77. The Bertz CT molecular complexity index is 356. The van der Waals surface area contributed by atoms with Crippen LogP contribution in [0.4, 0.5) is 5.82 Å². The Kier molecular flexibility index (Phi) is 2.77. The molecule has 78 valence electrons. The molecule has 1 N–H and O–H groups in total. The van der Waals surface area contributed by atoms with E-state index >= 15 is 0 Å². The lowest BCUT2D eigenvalue weighted by molar-refractivity contribution is -0.389. The fourth-order valence-electron chi connectivity index (χ4n) is 0.988. The van der Waals surface area contributed by atoms with Gasteiger partial charge in [-0.15, -0.1) is 0 Å². The third-order valence-electron chi connectivity index (χ3n) is 1.42. The molecule has 0 aromatic carbocycles. The Morgan fingerprint density at radius 1 is 1.79 bits per heavy atom. The monoisotopic (exact) mass is 219 g/mol. The van der Waals surface area contributed by atoms with Crippen molar-refractivity contribution in [2.75, 3.05) is 0 Å². The highest BCUT2D eigenvalue weighted by atomic mass is 35.5. The van der Waals surface area contributed by atoms with Gasteiger partial charge in [-0.2, -0.15) is 4.68 Å². The van der Waals surface area contributed by atoms with Crippen molar-refractivity contribution in [2.24, 2.45) is 0 Å². The average molecular weight is 220 g/mol. The predicted octanol–water partition coefficient (Wildman–Crippen LogP) is 1.22. The molecule has 0 saturated carbocycles. The summed E-state index contributed by atoms with van der Waals surface area (Å²) in [6.07, 6.45) is 1.32. The maximum atomic E-state index is 10.4. The Morgan fingerprint density at radius 2 is 2.36 bits per heavy atom. The second kappa shape index (κ2) is 3.55. The molecular formula is C7H10ClN3O3. The van der Waals surface area contributed by atoms with Gasteiger partial charge in [-0.3, -0.25) is 0 Å². The smallest absolute Gasteiger partial charge is 0.388 e. The van der Waals surface area contributed by atoms with Gasteiger partial charge in [-0.1, -0.05) is 11.6 Å². The first-order valence-electron chi connectivity index (χ1n) is 3.89. The summed E-state index contributed by atoms with van der Waals surface area (Å²) >= 11 is 5.56. The van der Waals surface area contributed by atoms with E-state index in [2.05, 4.69) is 5.10 Å². The van der Waals surface area contributed by atoms with Crippen LogP contribution in [0.1, 0.15) is 13.8 Å². The zero-order valence-corrected chi connectivity index (χ0v) is 8.52. The minimum absolute atomic E-state index is 0.0285. The molecule has 14 heavy (non-hydrogen) atoms. The third-order valence-corrected chi connectivity index (χ3v) is 1.69. The molecule has 6 nitrogen and oxygen atoms in total. The maximum Gasteiger partial charge on any atom is 0.408 e. The van der Waals surface area contributed by atoms with Crippen LogP contribution in [0.15, 0.2) is 6.20 Å². The molecule has 0 aliphatic carbocycles. The largest absolute Gasteiger partial charge is 0.408 e. The van der Waals surface area contributed by atoms with Crippen molar-refractivity contribution in [3.63, 3.8) is 0 Å². The Morgan fingerprint density at radius 3 is 2.71 bits per heavy atom. The number of nitrogens with zero attached hydrogens (tertiary/aromatic N) is 3. The van der Waals surface area contributed by atoms with Gasteiger partial charge >= 0.3 is 5.82 Å². The van der Waals surface area contributed by atoms with E-state index in [9.17, 15) is 15.2 Å². The summed E-state index contributed by atoms with van der Waals surface area (Å²) in [7, 11) is 0. The van der Waals surface area contributed by atoms with E-state index in [0.29, 0.717) is 0 Å². The lowest BCUT2D eigenvalue weighted by Gasteiger charge is -2.13. The summed E-state index contributed by atoms with van der Waals surface area (Å²) < 4.78 is 1.25. The molecular weight excluding hydrogens is 210 g/mol. The first-order valence-corrected chi connectivity index (χ1v) is 4.27. The second-order valence-electron chi connectivity index (χ2n) is 3.57. The minimum atomic E-state index is -0.983. The van der Waals surface area contributed by atoms with E-state index in [1.165, 1.54) is 10.9 Å². The van der Waals surface area contributed by atoms with Crippen LogP contribution in [0.3, 0.4) is 0 Å². The highest BCUT2D eigenvalue weighted by Gasteiger charge is 2.22. The third kappa shape index (κ3) is 2.68. The Hall–Kier alpha value is -1.14. The van der Waals surface area contributed by atoms with E-state index < -0.39 is 16.3 Å². The number of aromatic nitrogens is 2. The maximum absolute atomic E-state index is 10.4. The van der Waals surface area contributed by atoms with Crippen molar-refractivity contribution >= 4 is 17.4 Å². The summed E-state index contributed by atoms with van der Waals surface area (Å²) in [4.78, 5) is 9.72. The van der Waals surface area contributed by atoms with Crippen molar-refractivity contribution < 1.29 is 10.0 Å². The van der Waals surface area contributed by atoms with E-state index in [4.69, 9.17) is 11.6 Å². The summed E-state index contributed by atoms with van der Waals surface area (Å²) in [6.45, 7) is 3.31. The summed E-state index contributed by atoms with van der Waals surface area (Å²) in [5.74, 6) is -0.393. The number of rotatable bonds is 3. The van der Waals surface area contributed by atoms with Gasteiger partial charge < -0.3 is 15.2 Å². The summed E-state index contributed by atoms with van der Waals surface area (Å²) in [5.41, 5.74) is -0.983. The minimum Gasteiger partial charge on any atom is -0.388 e. The molecule has 1 aromatic rings. The van der Waals surface area contributed by atoms with Crippen LogP contribution in [-0.4, -0.2) is 25.4 Å². The molecule has 0 atom stereocenters. The van der Waals surface area contributed by atoms with Gasteiger partial charge in [0.15, 0.2) is 5.02 Å². The van der Waals surface area contributed by atoms with Crippen LogP contribution in [0.5, 0.6) is 0 Å². The lowest BCUT2D eigenvalue weighted by Crippen LogP contribution is -2.26. The van der Waals surface area contributed by atoms with Crippen LogP contribution in [-0.2, 0) is 6.54 Å². The molecule has 0 aliphatic rings. The van der Waals surface area contributed by atoms with E-state index in [0.717, 1.165) is 0 Å². The molecule has 0 spiro atoms. The predicted molar refractivity (Wildman–Crippen MR) is 50.2 cm³/mol. The van der Waals surface area contributed by atoms with Crippen LogP contribution in [0.25, 0.3) is 0 Å². The van der Waals surface area contributed by atoms with Gasteiger partial charge in [0.2, 0.25) is 0 Å². The molecule has 7 heteroatoms. The van der Waals surface area contributed by atoms with Crippen LogP contribution in [0.2, 0.25) is 5.02 Å². The molecule has 0 saturated heterocycles. The number of hydrogen-bond donors (Lipinski definition) is 1. The normalized spacial score (nSPS) is 11.7. The van der Waals surface area contributed by atoms with Crippen LogP contribution < -0.4 is 0 Å². The van der Waals surface area contributed by atoms with E-state index in [1.807, 2.05) is 0 Å². The molecule has 1 rings (SSSR count). The zero-order chi connectivity index (χ0) is 10.9. The molecule has 0 aliphatic heterocycles. The van der Waals surface area contributed by atoms with Crippen molar-refractivity contribution in [3.8, 4) is 0 Å². The fraction of sp³-hybridized carbons (Fsp3) is 0.571. The van der Waals surface area contributed by atoms with Crippen molar-refractivity contribution in [3.05, 3.63) is 21.3 Å². The highest BCUT2D eigenvalue weighted by Crippen LogP contribution is 2.22. The highest BCUT2D eigenvalue weighted by molar-refractivity contribution is 6.32. The van der Waals surface area contributed by atoms with Crippen molar-refractivity contribution in [2.45, 2.75) is 26.0 Å². The summed E-state index contributed by atoms with van der Waals surface area (Å²) in [5, 5.41) is 23.4.